The minimum absolute atomic E-state index is 0. The zero-order valence-corrected chi connectivity index (χ0v) is 20.5. The number of amides is 1. The Kier molecular flexibility index (Phi) is 8.04. The third-order valence-electron chi connectivity index (χ3n) is 5.69. The summed E-state index contributed by atoms with van der Waals surface area (Å²) < 4.78 is 59.5. The van der Waals surface area contributed by atoms with Gasteiger partial charge in [0.15, 0.2) is 5.82 Å². The van der Waals surface area contributed by atoms with Crippen LogP contribution in [0.5, 0.6) is 5.75 Å². The van der Waals surface area contributed by atoms with Crippen molar-refractivity contribution in [2.45, 2.75) is 13.3 Å². The van der Waals surface area contributed by atoms with E-state index in [2.05, 4.69) is 25.0 Å². The topological polar surface area (TPSA) is 88.4 Å². The smallest absolute Gasteiger partial charge is 0.405 e. The summed E-state index contributed by atoms with van der Waals surface area (Å²) in [5.41, 5.74) is 0.278. The number of nitrogens with zero attached hydrogens (tertiary/aromatic N) is 6. The zero-order chi connectivity index (χ0) is 25.3. The van der Waals surface area contributed by atoms with Gasteiger partial charge in [0.1, 0.15) is 17.3 Å². The Morgan fingerprint density at radius 3 is 2.39 bits per heavy atom. The Labute approximate surface area is 210 Å². The fourth-order valence-electron chi connectivity index (χ4n) is 3.62. The average molecular weight is 530 g/mol. The van der Waals surface area contributed by atoms with E-state index in [4.69, 9.17) is 0 Å². The third kappa shape index (κ3) is 6.02. The minimum atomic E-state index is -5.01. The molecule has 194 valence electrons. The Bertz CT molecular complexity index is 1240. The molecule has 1 N–H and O–H groups in total. The quantitative estimate of drug-likeness (QED) is 0.503. The molecule has 1 amide bonds. The monoisotopic (exact) mass is 529 g/mol. The number of hydrogen-bond acceptors (Lipinski definition) is 7. The van der Waals surface area contributed by atoms with Crippen LogP contribution in [0.3, 0.4) is 0 Å². The van der Waals surface area contributed by atoms with Gasteiger partial charge < -0.3 is 24.4 Å². The Hall–Kier alpha value is -3.45. The van der Waals surface area contributed by atoms with Gasteiger partial charge in [-0.2, -0.15) is 0 Å². The van der Waals surface area contributed by atoms with E-state index >= 15 is 0 Å². The summed E-state index contributed by atoms with van der Waals surface area (Å²) in [5, 5.41) is 2.75. The first-order chi connectivity index (χ1) is 16.5. The number of nitrogens with one attached hydrogen (secondary N) is 1. The van der Waals surface area contributed by atoms with E-state index < -0.39 is 23.8 Å². The molecule has 1 fully saturated rings. The van der Waals surface area contributed by atoms with Crippen molar-refractivity contribution in [1.82, 2.24) is 29.3 Å². The Morgan fingerprint density at radius 1 is 1.08 bits per heavy atom. The molecule has 0 spiro atoms. The molecule has 36 heavy (non-hydrogen) atoms. The predicted molar refractivity (Wildman–Crippen MR) is 126 cm³/mol. The van der Waals surface area contributed by atoms with Crippen LogP contribution in [0.25, 0.3) is 11.4 Å². The fourth-order valence-corrected chi connectivity index (χ4v) is 3.62. The number of hydrogen-bond donors (Lipinski definition) is 1. The first-order valence-corrected chi connectivity index (χ1v) is 10.7. The second-order valence-corrected chi connectivity index (χ2v) is 8.12. The van der Waals surface area contributed by atoms with Gasteiger partial charge in [-0.25, -0.2) is 19.3 Å². The van der Waals surface area contributed by atoms with Crippen LogP contribution in [0.15, 0.2) is 30.6 Å². The highest BCUT2D eigenvalue weighted by Crippen LogP contribution is 2.32. The number of halogens is 5. The van der Waals surface area contributed by atoms with Crippen LogP contribution in [0.4, 0.5) is 29.2 Å². The van der Waals surface area contributed by atoms with Crippen LogP contribution >= 0.6 is 12.4 Å². The molecule has 1 aliphatic heterocycles. The highest BCUT2D eigenvalue weighted by molar-refractivity contribution is 5.97. The minimum Gasteiger partial charge on any atom is -0.405 e. The molecule has 9 nitrogen and oxygen atoms in total. The lowest BCUT2D eigenvalue weighted by molar-refractivity contribution is -0.274. The van der Waals surface area contributed by atoms with E-state index in [0.29, 0.717) is 37.7 Å². The number of rotatable bonds is 5. The summed E-state index contributed by atoms with van der Waals surface area (Å²) in [7, 11) is 3.60. The number of aryl methyl sites for hydroxylation is 1. The number of carbonyl (C=O) groups is 1. The molecule has 1 aromatic carbocycles. The summed E-state index contributed by atoms with van der Waals surface area (Å²) in [4.78, 5) is 28.6. The number of benzene rings is 1. The fraction of sp³-hybridized carbons (Fsp3) is 0.364. The van der Waals surface area contributed by atoms with Gasteiger partial charge in [0.05, 0.1) is 23.7 Å². The summed E-state index contributed by atoms with van der Waals surface area (Å²) in [6, 6.07) is 3.70. The molecule has 4 rings (SSSR count). The molecule has 14 heteroatoms. The standard InChI is InChI=1S/C22H23F4N7O2.ClH/c1-13-27-12-17(32(13)3)19-16(23)11-28-21(30-19)29-14-4-5-15(18(10-14)35-22(24,25)26)20(34)33-8-6-31(2)7-9-33;/h4-5,10-12H,6-9H2,1-3H3,(H,28,29,30);1H. The lowest BCUT2D eigenvalue weighted by Gasteiger charge is -2.32. The van der Waals surface area contributed by atoms with Crippen LogP contribution < -0.4 is 10.1 Å². The van der Waals surface area contributed by atoms with Crippen molar-refractivity contribution in [2.75, 3.05) is 38.5 Å². The summed E-state index contributed by atoms with van der Waals surface area (Å²) in [5.74, 6) is -1.32. The number of anilines is 2. The molecular formula is C22H24ClF4N7O2. The molecule has 0 unspecified atom stereocenters. The first-order valence-electron chi connectivity index (χ1n) is 10.7. The number of alkyl halides is 3. The largest absolute Gasteiger partial charge is 0.573 e. The number of piperazine rings is 1. The SMILES string of the molecule is Cc1ncc(-c2nc(Nc3ccc(C(=O)N4CCN(C)CC4)c(OC(F)(F)F)c3)ncc2F)n1C.Cl. The van der Waals surface area contributed by atoms with E-state index in [9.17, 15) is 22.4 Å². The first kappa shape index (κ1) is 27.1. The molecule has 0 atom stereocenters. The van der Waals surface area contributed by atoms with Gasteiger partial charge in [-0.15, -0.1) is 25.6 Å². The molecule has 0 radical (unpaired) electrons. The number of carbonyl (C=O) groups excluding carboxylic acids is 1. The van der Waals surface area contributed by atoms with Gasteiger partial charge >= 0.3 is 6.36 Å². The third-order valence-corrected chi connectivity index (χ3v) is 5.69. The van der Waals surface area contributed by atoms with E-state index in [-0.39, 0.29) is 35.3 Å². The normalized spacial score (nSPS) is 14.4. The maximum absolute atomic E-state index is 14.4. The molecule has 3 aromatic rings. The molecule has 1 aliphatic rings. The summed E-state index contributed by atoms with van der Waals surface area (Å²) >= 11 is 0. The predicted octanol–water partition coefficient (Wildman–Crippen LogP) is 3.78. The molecule has 0 saturated carbocycles. The molecule has 2 aromatic heterocycles. The van der Waals surface area contributed by atoms with Crippen LogP contribution in [0.2, 0.25) is 0 Å². The van der Waals surface area contributed by atoms with Crippen LogP contribution in [-0.4, -0.2) is 74.8 Å². The van der Waals surface area contributed by atoms with Gasteiger partial charge in [-0.3, -0.25) is 4.79 Å². The highest BCUT2D eigenvalue weighted by atomic mass is 35.5. The second-order valence-electron chi connectivity index (χ2n) is 8.12. The van der Waals surface area contributed by atoms with Crippen molar-refractivity contribution in [3.63, 3.8) is 0 Å². The summed E-state index contributed by atoms with van der Waals surface area (Å²) in [6.07, 6.45) is -2.60. The molecule has 0 bridgehead atoms. The zero-order valence-electron chi connectivity index (χ0n) is 19.6. The number of ether oxygens (including phenoxy) is 1. The van der Waals surface area contributed by atoms with Crippen molar-refractivity contribution in [3.05, 3.63) is 47.8 Å². The van der Waals surface area contributed by atoms with E-state index in [1.165, 1.54) is 23.2 Å². The summed E-state index contributed by atoms with van der Waals surface area (Å²) in [6.45, 7) is 3.75. The number of likely N-dealkylation sites (N-methyl/N-ethyl adjacent to an activating group) is 1. The van der Waals surface area contributed by atoms with Crippen molar-refractivity contribution in [2.24, 2.45) is 7.05 Å². The van der Waals surface area contributed by atoms with E-state index in [0.717, 1.165) is 12.3 Å². The Balaban J connectivity index is 0.00000361. The van der Waals surface area contributed by atoms with Gasteiger partial charge in [0.2, 0.25) is 5.95 Å². The van der Waals surface area contributed by atoms with E-state index in [1.54, 1.807) is 18.5 Å². The van der Waals surface area contributed by atoms with Crippen molar-refractivity contribution in [3.8, 4) is 17.1 Å². The van der Waals surface area contributed by atoms with Gasteiger partial charge in [-0.1, -0.05) is 0 Å². The molecule has 1 saturated heterocycles. The van der Waals surface area contributed by atoms with Crippen LogP contribution in [-0.2, 0) is 7.05 Å². The lowest BCUT2D eigenvalue weighted by atomic mass is 10.1. The van der Waals surface area contributed by atoms with Crippen LogP contribution in [0, 0.1) is 12.7 Å². The Morgan fingerprint density at radius 2 is 1.78 bits per heavy atom. The number of aromatic nitrogens is 4. The highest BCUT2D eigenvalue weighted by Gasteiger charge is 2.34. The van der Waals surface area contributed by atoms with Crippen molar-refractivity contribution in [1.29, 1.82) is 0 Å². The maximum Gasteiger partial charge on any atom is 0.573 e. The molecule has 3 heterocycles. The van der Waals surface area contributed by atoms with Crippen molar-refractivity contribution < 1.29 is 27.1 Å². The number of imidazole rings is 1. The van der Waals surface area contributed by atoms with Crippen molar-refractivity contribution >= 4 is 29.9 Å². The molecule has 0 aliphatic carbocycles. The lowest BCUT2D eigenvalue weighted by Crippen LogP contribution is -2.47. The second kappa shape index (κ2) is 10.7. The van der Waals surface area contributed by atoms with Gasteiger partial charge in [0.25, 0.3) is 5.91 Å². The molecular weight excluding hydrogens is 506 g/mol. The maximum atomic E-state index is 14.4. The van der Waals surface area contributed by atoms with E-state index in [1.807, 2.05) is 11.9 Å². The van der Waals surface area contributed by atoms with Crippen LogP contribution in [0.1, 0.15) is 16.2 Å². The average Bonchev–Trinajstić information content (AvgIpc) is 3.12. The van der Waals surface area contributed by atoms with Gasteiger partial charge in [-0.05, 0) is 26.1 Å². The van der Waals surface area contributed by atoms with Gasteiger partial charge in [0, 0.05) is 45.0 Å².